The molecule has 2 aliphatic rings. The zero-order valence-corrected chi connectivity index (χ0v) is 11.1. The van der Waals surface area contributed by atoms with Crippen molar-refractivity contribution >= 4 is 16.3 Å². The van der Waals surface area contributed by atoms with Crippen molar-refractivity contribution in [2.24, 2.45) is 5.92 Å². The van der Waals surface area contributed by atoms with Crippen LogP contribution in [-0.2, 0) is 12.8 Å². The van der Waals surface area contributed by atoms with Crippen molar-refractivity contribution in [3.63, 3.8) is 0 Å². The molecule has 2 N–H and O–H groups in total. The minimum Gasteiger partial charge on any atom is -0.390 e. The van der Waals surface area contributed by atoms with Crippen molar-refractivity contribution < 1.29 is 4.52 Å². The fourth-order valence-electron chi connectivity index (χ4n) is 2.83. The van der Waals surface area contributed by atoms with Gasteiger partial charge in [-0.25, -0.2) is 0 Å². The molecule has 0 radical (unpaired) electrons. The highest BCUT2D eigenvalue weighted by atomic mass is 32.1. The van der Waals surface area contributed by atoms with Gasteiger partial charge in [0.05, 0.1) is 10.6 Å². The lowest BCUT2D eigenvalue weighted by molar-refractivity contribution is 0.422. The Morgan fingerprint density at radius 3 is 3.00 bits per heavy atom. The molecule has 0 aliphatic heterocycles. The lowest BCUT2D eigenvalue weighted by atomic mass is 10.1. The second-order valence-electron chi connectivity index (χ2n) is 5.37. The summed E-state index contributed by atoms with van der Waals surface area (Å²) in [5.41, 5.74) is 8.46. The van der Waals surface area contributed by atoms with E-state index in [1.807, 2.05) is 0 Å². The van der Waals surface area contributed by atoms with Crippen LogP contribution in [0.25, 0.3) is 11.5 Å². The third-order valence-electron chi connectivity index (χ3n) is 4.05. The van der Waals surface area contributed by atoms with Crippen molar-refractivity contribution in [1.82, 2.24) is 10.1 Å². The molecule has 2 aliphatic carbocycles. The van der Waals surface area contributed by atoms with E-state index in [0.717, 1.165) is 29.2 Å². The monoisotopic (exact) mass is 261 g/mol. The van der Waals surface area contributed by atoms with Gasteiger partial charge < -0.3 is 10.3 Å². The number of aryl methyl sites for hydroxylation is 1. The van der Waals surface area contributed by atoms with Crippen LogP contribution in [0.1, 0.15) is 41.9 Å². The number of nitrogens with two attached hydrogens (primary N) is 1. The predicted molar refractivity (Wildman–Crippen MR) is 70.6 cm³/mol. The average molecular weight is 261 g/mol. The van der Waals surface area contributed by atoms with Gasteiger partial charge in [0.2, 0.25) is 0 Å². The molecule has 2 unspecified atom stereocenters. The number of hydrogen-bond donors (Lipinski definition) is 1. The molecule has 2 atom stereocenters. The SMILES string of the molecule is CC1CC1c1noc(-c2c(N)sc3c2CCC3)n1. The summed E-state index contributed by atoms with van der Waals surface area (Å²) in [4.78, 5) is 5.96. The van der Waals surface area contributed by atoms with Crippen LogP contribution in [0, 0.1) is 5.92 Å². The second kappa shape index (κ2) is 3.57. The van der Waals surface area contributed by atoms with Crippen LogP contribution in [0.3, 0.4) is 0 Å². The molecule has 2 aromatic rings. The Bertz CT molecular complexity index is 616. The van der Waals surface area contributed by atoms with E-state index in [-0.39, 0.29) is 0 Å². The van der Waals surface area contributed by atoms with Crippen molar-refractivity contribution in [2.45, 2.75) is 38.5 Å². The molecule has 0 saturated heterocycles. The highest BCUT2D eigenvalue weighted by Crippen LogP contribution is 2.47. The summed E-state index contributed by atoms with van der Waals surface area (Å²) < 4.78 is 5.43. The minimum absolute atomic E-state index is 0.496. The molecule has 0 aromatic carbocycles. The fraction of sp³-hybridized carbons (Fsp3) is 0.538. The zero-order valence-electron chi connectivity index (χ0n) is 10.3. The predicted octanol–water partition coefficient (Wildman–Crippen LogP) is 2.99. The number of rotatable bonds is 2. The third-order valence-corrected chi connectivity index (χ3v) is 5.17. The lowest BCUT2D eigenvalue weighted by Crippen LogP contribution is -1.89. The van der Waals surface area contributed by atoms with E-state index in [2.05, 4.69) is 17.1 Å². The maximum atomic E-state index is 6.10. The molecule has 18 heavy (non-hydrogen) atoms. The summed E-state index contributed by atoms with van der Waals surface area (Å²) in [6.45, 7) is 2.22. The van der Waals surface area contributed by atoms with Crippen LogP contribution in [0.4, 0.5) is 5.00 Å². The van der Waals surface area contributed by atoms with E-state index >= 15 is 0 Å². The van der Waals surface area contributed by atoms with Crippen LogP contribution < -0.4 is 5.73 Å². The molecule has 0 amide bonds. The number of anilines is 1. The topological polar surface area (TPSA) is 64.9 Å². The first-order valence-electron chi connectivity index (χ1n) is 6.48. The maximum Gasteiger partial charge on any atom is 0.261 e. The molecule has 4 rings (SSSR count). The van der Waals surface area contributed by atoms with Gasteiger partial charge in [-0.15, -0.1) is 11.3 Å². The number of hydrogen-bond acceptors (Lipinski definition) is 5. The van der Waals surface area contributed by atoms with Crippen LogP contribution in [0.15, 0.2) is 4.52 Å². The molecule has 1 fully saturated rings. The van der Waals surface area contributed by atoms with E-state index in [4.69, 9.17) is 10.3 Å². The van der Waals surface area contributed by atoms with E-state index < -0.39 is 0 Å². The zero-order chi connectivity index (χ0) is 12.3. The van der Waals surface area contributed by atoms with Gasteiger partial charge in [-0.05, 0) is 37.2 Å². The normalized spacial score (nSPS) is 25.4. The van der Waals surface area contributed by atoms with Crippen molar-refractivity contribution in [1.29, 1.82) is 0 Å². The molecule has 4 nitrogen and oxygen atoms in total. The van der Waals surface area contributed by atoms with Crippen molar-refractivity contribution in [2.75, 3.05) is 5.73 Å². The third kappa shape index (κ3) is 1.43. The standard InChI is InChI=1S/C13H15N3OS/c1-6-5-8(6)12-15-13(17-16-12)10-7-3-2-4-9(7)18-11(10)14/h6,8H,2-5,14H2,1H3. The van der Waals surface area contributed by atoms with Gasteiger partial charge in [-0.3, -0.25) is 0 Å². The Morgan fingerprint density at radius 2 is 2.22 bits per heavy atom. The van der Waals surface area contributed by atoms with Crippen LogP contribution in [0.5, 0.6) is 0 Å². The van der Waals surface area contributed by atoms with Crippen LogP contribution in [-0.4, -0.2) is 10.1 Å². The van der Waals surface area contributed by atoms with E-state index in [9.17, 15) is 0 Å². The first-order chi connectivity index (χ1) is 8.74. The number of fused-ring (bicyclic) bond motifs is 1. The number of thiophene rings is 1. The Hall–Kier alpha value is -1.36. The Morgan fingerprint density at radius 1 is 1.39 bits per heavy atom. The molecule has 2 heterocycles. The maximum absolute atomic E-state index is 6.10. The van der Waals surface area contributed by atoms with Crippen molar-refractivity contribution in [3.05, 3.63) is 16.3 Å². The summed E-state index contributed by atoms with van der Waals surface area (Å²) in [6.07, 6.45) is 4.63. The Kier molecular flexibility index (Phi) is 2.09. The molecule has 0 spiro atoms. The van der Waals surface area contributed by atoms with Gasteiger partial charge in [0.15, 0.2) is 5.82 Å². The van der Waals surface area contributed by atoms with Crippen molar-refractivity contribution in [3.8, 4) is 11.5 Å². The number of nitrogen functional groups attached to an aromatic ring is 1. The summed E-state index contributed by atoms with van der Waals surface area (Å²) >= 11 is 1.68. The lowest BCUT2D eigenvalue weighted by Gasteiger charge is -1.96. The molecular formula is C13H15N3OS. The molecule has 5 heteroatoms. The Labute approximate surface area is 109 Å². The molecule has 0 bridgehead atoms. The first-order valence-corrected chi connectivity index (χ1v) is 7.29. The van der Waals surface area contributed by atoms with Gasteiger partial charge in [0.25, 0.3) is 5.89 Å². The summed E-state index contributed by atoms with van der Waals surface area (Å²) in [7, 11) is 0. The summed E-state index contributed by atoms with van der Waals surface area (Å²) in [6, 6.07) is 0. The van der Waals surface area contributed by atoms with E-state index in [1.165, 1.54) is 23.3 Å². The summed E-state index contributed by atoms with van der Waals surface area (Å²) in [5.74, 6) is 2.67. The van der Waals surface area contributed by atoms with E-state index in [1.54, 1.807) is 11.3 Å². The van der Waals surface area contributed by atoms with Gasteiger partial charge in [-0.1, -0.05) is 12.1 Å². The van der Waals surface area contributed by atoms with Gasteiger partial charge >= 0.3 is 0 Å². The summed E-state index contributed by atoms with van der Waals surface area (Å²) in [5, 5.41) is 4.95. The Balaban J connectivity index is 1.76. The van der Waals surface area contributed by atoms with Gasteiger partial charge in [-0.2, -0.15) is 4.98 Å². The minimum atomic E-state index is 0.496. The quantitative estimate of drug-likeness (QED) is 0.902. The second-order valence-corrected chi connectivity index (χ2v) is 6.51. The fourth-order valence-corrected chi connectivity index (χ4v) is 3.98. The highest BCUT2D eigenvalue weighted by Gasteiger charge is 2.38. The van der Waals surface area contributed by atoms with Gasteiger partial charge in [0.1, 0.15) is 0 Å². The molecular weight excluding hydrogens is 246 g/mol. The molecule has 1 saturated carbocycles. The van der Waals surface area contributed by atoms with Gasteiger partial charge in [0, 0.05) is 10.8 Å². The van der Waals surface area contributed by atoms with Crippen LogP contribution >= 0.6 is 11.3 Å². The highest BCUT2D eigenvalue weighted by molar-refractivity contribution is 7.16. The smallest absolute Gasteiger partial charge is 0.261 e. The number of nitrogens with zero attached hydrogens (tertiary/aromatic N) is 2. The molecule has 94 valence electrons. The average Bonchev–Trinajstić information content (AvgIpc) is 2.75. The first kappa shape index (κ1) is 10.6. The van der Waals surface area contributed by atoms with E-state index in [0.29, 0.717) is 17.7 Å². The number of aromatic nitrogens is 2. The largest absolute Gasteiger partial charge is 0.390 e. The van der Waals surface area contributed by atoms with Crippen LogP contribution in [0.2, 0.25) is 0 Å². The molecule has 2 aromatic heterocycles.